The number of likely N-dealkylation sites (tertiary alicyclic amines) is 1. The molecule has 2 atom stereocenters. The summed E-state index contributed by atoms with van der Waals surface area (Å²) in [6.07, 6.45) is 2.53. The number of benzene rings is 1. The molecule has 0 unspecified atom stereocenters. The summed E-state index contributed by atoms with van der Waals surface area (Å²) in [5, 5.41) is 46.7. The fraction of sp³-hybridized carbons (Fsp3) is 0.469. The quantitative estimate of drug-likeness (QED) is 0.0536. The first kappa shape index (κ1) is 36.6. The van der Waals surface area contributed by atoms with Gasteiger partial charge in [0, 0.05) is 28.7 Å². The Morgan fingerprint density at radius 1 is 1.14 bits per heavy atom. The van der Waals surface area contributed by atoms with Gasteiger partial charge in [-0.3, -0.25) is 19.3 Å². The van der Waals surface area contributed by atoms with Crippen LogP contribution >= 0.6 is 23.1 Å². The number of amides is 2. The zero-order valence-electron chi connectivity index (χ0n) is 27.5. The minimum absolute atomic E-state index is 0.0694. The maximum absolute atomic E-state index is 13.6. The lowest BCUT2D eigenvalue weighted by Gasteiger charge is -2.50. The SMILES string of the molecule is CC(C)(O/N=C(\C(=O)C[C@@H]1C(=O)N2C(C(=O)O)=C(C[N+]3(CCNC(=O)c4ccc(O)c(O)c4)CCCCC3)CS[C@H]12)c1csc(N)n1)C(=O)O. The van der Waals surface area contributed by atoms with Crippen LogP contribution < -0.4 is 11.1 Å². The molecule has 2 amide bonds. The predicted molar refractivity (Wildman–Crippen MR) is 182 cm³/mol. The molecule has 50 heavy (non-hydrogen) atoms. The number of phenolic OH excluding ortho intramolecular Hbond substituents is 2. The fourth-order valence-corrected chi connectivity index (χ4v) is 8.24. The molecule has 7 N–H and O–H groups in total. The summed E-state index contributed by atoms with van der Waals surface area (Å²) in [6.45, 7) is 5.19. The van der Waals surface area contributed by atoms with E-state index in [0.29, 0.717) is 28.9 Å². The van der Waals surface area contributed by atoms with Crippen LogP contribution in [0.15, 0.2) is 40.0 Å². The standard InChI is InChI=1S/C32H38N6O10S2/c1-32(2,30(46)47)48-36-24(20-16-50-31(33)35-20)23(41)13-19-27(43)37-25(29(44)45)18(15-49-28(19)37)14-38(9-4-3-5-10-38)11-8-34-26(42)17-6-7-21(39)22(40)12-17/h6-7,12,16,19,28H,3-5,8-11,13-15H2,1-2H3,(H6-,33,34,35,36,39,40,41,42,44,45,46,47)/p+1/t19-,28-/m1/s1. The maximum atomic E-state index is 13.6. The second-order valence-electron chi connectivity index (χ2n) is 13.0. The average Bonchev–Trinajstić information content (AvgIpc) is 3.50. The van der Waals surface area contributed by atoms with Crippen LogP contribution in [0, 0.1) is 5.92 Å². The van der Waals surface area contributed by atoms with Crippen LogP contribution in [-0.4, -0.2) is 119 Å². The second kappa shape index (κ2) is 14.7. The number of ketones is 1. The summed E-state index contributed by atoms with van der Waals surface area (Å²) in [5.74, 6) is -5.42. The molecule has 3 aliphatic heterocycles. The summed E-state index contributed by atoms with van der Waals surface area (Å²) < 4.78 is 0.520. The van der Waals surface area contributed by atoms with Crippen LogP contribution in [0.2, 0.25) is 0 Å². The molecule has 3 aliphatic rings. The number of β-lactam (4-membered cyclic amide) rings is 1. The molecule has 0 spiro atoms. The highest BCUT2D eigenvalue weighted by atomic mass is 32.2. The number of anilines is 1. The molecule has 5 rings (SSSR count). The number of thiazole rings is 1. The van der Waals surface area contributed by atoms with Gasteiger partial charge in [-0.05, 0) is 51.3 Å². The van der Waals surface area contributed by atoms with E-state index in [0.717, 1.165) is 43.7 Å². The number of oxime groups is 1. The number of aromatic nitrogens is 1. The van der Waals surface area contributed by atoms with Crippen molar-refractivity contribution in [2.75, 3.05) is 44.2 Å². The molecule has 0 bridgehead atoms. The van der Waals surface area contributed by atoms with Gasteiger partial charge in [-0.1, -0.05) is 5.16 Å². The Labute approximate surface area is 295 Å². The summed E-state index contributed by atoms with van der Waals surface area (Å²) in [7, 11) is 0. The first-order chi connectivity index (χ1) is 23.6. The van der Waals surface area contributed by atoms with Gasteiger partial charge in [-0.15, -0.1) is 23.1 Å². The normalized spacial score (nSPS) is 20.5. The summed E-state index contributed by atoms with van der Waals surface area (Å²) >= 11 is 2.41. The zero-order chi connectivity index (χ0) is 36.4. The molecule has 2 saturated heterocycles. The van der Waals surface area contributed by atoms with E-state index >= 15 is 0 Å². The highest BCUT2D eigenvalue weighted by Gasteiger charge is 2.55. The predicted octanol–water partition coefficient (Wildman–Crippen LogP) is 1.98. The number of carbonyl (C=O) groups is 5. The Morgan fingerprint density at radius 2 is 1.86 bits per heavy atom. The lowest BCUT2D eigenvalue weighted by atomic mass is 9.89. The molecule has 268 valence electrons. The van der Waals surface area contributed by atoms with Crippen molar-refractivity contribution in [2.24, 2.45) is 11.1 Å². The van der Waals surface area contributed by atoms with Crippen molar-refractivity contribution in [3.8, 4) is 11.5 Å². The van der Waals surface area contributed by atoms with E-state index in [9.17, 15) is 44.4 Å². The van der Waals surface area contributed by atoms with Crippen molar-refractivity contribution in [1.82, 2.24) is 15.2 Å². The number of phenols is 2. The third-order valence-electron chi connectivity index (χ3n) is 9.07. The monoisotopic (exact) mass is 731 g/mol. The highest BCUT2D eigenvalue weighted by Crippen LogP contribution is 2.46. The number of Topliss-reactive ketones (excluding diaryl/α,β-unsaturated/α-hetero) is 1. The average molecular weight is 732 g/mol. The number of piperidine rings is 1. The van der Waals surface area contributed by atoms with Crippen LogP contribution in [0.4, 0.5) is 5.13 Å². The Morgan fingerprint density at radius 3 is 2.48 bits per heavy atom. The van der Waals surface area contributed by atoms with E-state index in [-0.39, 0.29) is 46.5 Å². The van der Waals surface area contributed by atoms with Gasteiger partial charge in [-0.25, -0.2) is 14.6 Å². The number of carbonyl (C=O) groups excluding carboxylic acids is 3. The third kappa shape index (κ3) is 7.71. The van der Waals surface area contributed by atoms with Crippen LogP contribution in [0.5, 0.6) is 11.5 Å². The van der Waals surface area contributed by atoms with Gasteiger partial charge < -0.3 is 40.8 Å². The Kier molecular flexibility index (Phi) is 10.7. The van der Waals surface area contributed by atoms with Gasteiger partial charge in [0.15, 0.2) is 28.1 Å². The number of rotatable bonds is 14. The smallest absolute Gasteiger partial charge is 0.352 e. The molecule has 16 nitrogen and oxygen atoms in total. The molecular weight excluding hydrogens is 693 g/mol. The Hall–Kier alpha value is -4.68. The third-order valence-corrected chi connectivity index (χ3v) is 11.1. The number of hydrogen-bond acceptors (Lipinski definition) is 13. The van der Waals surface area contributed by atoms with E-state index in [1.165, 1.54) is 54.1 Å². The molecule has 1 aromatic heterocycles. The van der Waals surface area contributed by atoms with E-state index in [1.807, 2.05) is 0 Å². The number of aromatic hydroxyl groups is 2. The zero-order valence-corrected chi connectivity index (χ0v) is 29.1. The Balaban J connectivity index is 1.30. The molecule has 4 heterocycles. The number of quaternary nitrogens is 1. The second-order valence-corrected chi connectivity index (χ2v) is 15.0. The van der Waals surface area contributed by atoms with Gasteiger partial charge in [-0.2, -0.15) is 0 Å². The van der Waals surface area contributed by atoms with E-state index in [2.05, 4.69) is 15.5 Å². The van der Waals surface area contributed by atoms with Crippen LogP contribution in [0.3, 0.4) is 0 Å². The molecule has 2 aromatic rings. The molecule has 0 aliphatic carbocycles. The lowest BCUT2D eigenvalue weighted by Crippen LogP contribution is -2.63. The number of hydrogen-bond donors (Lipinski definition) is 6. The van der Waals surface area contributed by atoms with Gasteiger partial charge >= 0.3 is 11.9 Å². The number of thioether (sulfide) groups is 1. The number of aliphatic carboxylic acids is 2. The van der Waals surface area contributed by atoms with Crippen LogP contribution in [0.1, 0.15) is 55.6 Å². The van der Waals surface area contributed by atoms with Gasteiger partial charge in [0.1, 0.15) is 17.9 Å². The van der Waals surface area contributed by atoms with Crippen molar-refractivity contribution in [1.29, 1.82) is 0 Å². The van der Waals surface area contributed by atoms with Gasteiger partial charge in [0.2, 0.25) is 11.5 Å². The fourth-order valence-electron chi connectivity index (χ4n) is 6.29. The van der Waals surface area contributed by atoms with Crippen molar-refractivity contribution >= 4 is 63.5 Å². The number of fused-ring (bicyclic) bond motifs is 1. The number of nitrogen functional groups attached to an aromatic ring is 1. The number of nitrogens with zero attached hydrogens (tertiary/aromatic N) is 4. The van der Waals surface area contributed by atoms with Crippen LogP contribution in [-0.2, 0) is 24.0 Å². The minimum Gasteiger partial charge on any atom is -0.504 e. The maximum Gasteiger partial charge on any atom is 0.352 e. The minimum atomic E-state index is -1.76. The van der Waals surface area contributed by atoms with E-state index in [1.54, 1.807) is 0 Å². The number of nitrogens with one attached hydrogen (secondary N) is 1. The van der Waals surface area contributed by atoms with Crippen molar-refractivity contribution in [2.45, 2.75) is 50.5 Å². The van der Waals surface area contributed by atoms with E-state index < -0.39 is 52.2 Å². The molecule has 0 saturated carbocycles. The van der Waals surface area contributed by atoms with Crippen LogP contribution in [0.25, 0.3) is 0 Å². The summed E-state index contributed by atoms with van der Waals surface area (Å²) in [5.41, 5.74) is 4.45. The molecule has 2 fully saturated rings. The number of carboxylic acid groups (broad SMARTS) is 2. The molecule has 0 radical (unpaired) electrons. The lowest BCUT2D eigenvalue weighted by molar-refractivity contribution is -0.927. The largest absolute Gasteiger partial charge is 0.504 e. The number of nitrogens with two attached hydrogens (primary N) is 1. The van der Waals surface area contributed by atoms with Crippen molar-refractivity contribution in [3.63, 3.8) is 0 Å². The molecule has 18 heteroatoms. The van der Waals surface area contributed by atoms with E-state index in [4.69, 9.17) is 10.6 Å². The topological polar surface area (TPSA) is 242 Å². The first-order valence-electron chi connectivity index (χ1n) is 15.9. The van der Waals surface area contributed by atoms with Gasteiger partial charge in [0.05, 0.1) is 37.5 Å². The molecule has 1 aromatic carbocycles. The van der Waals surface area contributed by atoms with Gasteiger partial charge in [0.25, 0.3) is 5.91 Å². The Bertz CT molecular complexity index is 1770. The van der Waals surface area contributed by atoms with Crippen molar-refractivity contribution in [3.05, 3.63) is 46.1 Å². The number of carboxylic acids is 2. The first-order valence-corrected chi connectivity index (χ1v) is 17.8. The highest BCUT2D eigenvalue weighted by molar-refractivity contribution is 8.00. The molecular formula is C32H39N6O10S2+. The van der Waals surface area contributed by atoms with Crippen molar-refractivity contribution < 1.29 is 53.7 Å². The summed E-state index contributed by atoms with van der Waals surface area (Å²) in [4.78, 5) is 74.5. The summed E-state index contributed by atoms with van der Waals surface area (Å²) in [6, 6.07) is 3.81.